The van der Waals surface area contributed by atoms with E-state index in [1.165, 1.54) is 51.0 Å². The lowest BCUT2D eigenvalue weighted by atomic mass is 10.2. The van der Waals surface area contributed by atoms with Crippen molar-refractivity contribution in [2.24, 2.45) is 0 Å². The Bertz CT molecular complexity index is 1080. The van der Waals surface area contributed by atoms with E-state index in [1.807, 2.05) is 0 Å². The Morgan fingerprint density at radius 1 is 1.19 bits per heavy atom. The second-order valence-corrected chi connectivity index (χ2v) is 6.74. The van der Waals surface area contributed by atoms with E-state index in [-0.39, 0.29) is 12.1 Å². The van der Waals surface area contributed by atoms with Gasteiger partial charge in [0.15, 0.2) is 4.96 Å². The summed E-state index contributed by atoms with van der Waals surface area (Å²) in [5.74, 6) is -0.822. The highest BCUT2D eigenvalue weighted by Crippen LogP contribution is 2.27. The number of fused-ring (bicyclic) bond motifs is 1. The highest BCUT2D eigenvalue weighted by molar-refractivity contribution is 7.15. The lowest BCUT2D eigenvalue weighted by Gasteiger charge is -2.19. The van der Waals surface area contributed by atoms with Crippen molar-refractivity contribution in [2.45, 2.75) is 19.5 Å². The smallest absolute Gasteiger partial charge is 0.282 e. The maximum atomic E-state index is 13.1. The first-order valence-corrected chi connectivity index (χ1v) is 8.69. The second kappa shape index (κ2) is 6.03. The highest BCUT2D eigenvalue weighted by atomic mass is 32.1. The van der Waals surface area contributed by atoms with Crippen LogP contribution in [0.15, 0.2) is 46.7 Å². The summed E-state index contributed by atoms with van der Waals surface area (Å²) < 4.78 is 14.5. The molecule has 3 amide bonds. The molecule has 3 heterocycles. The molecule has 1 saturated heterocycles. The molecule has 0 bridgehead atoms. The summed E-state index contributed by atoms with van der Waals surface area (Å²) in [4.78, 5) is 44.6. The number of halogens is 1. The minimum atomic E-state index is -0.723. The van der Waals surface area contributed by atoms with Gasteiger partial charge < -0.3 is 0 Å². The number of aromatic nitrogens is 2. The Hall–Kier alpha value is -3.07. The third-order valence-electron chi connectivity index (χ3n) is 4.23. The van der Waals surface area contributed by atoms with Crippen molar-refractivity contribution in [1.82, 2.24) is 14.3 Å². The Balaban J connectivity index is 1.66. The molecule has 0 radical (unpaired) electrons. The summed E-state index contributed by atoms with van der Waals surface area (Å²) >= 11 is 1.29. The SMILES string of the molecule is CC1C(=O)N(Cc2cc(=O)n3ccsc3n2)C(=O)N1c1ccc(F)cc1. The molecule has 1 unspecified atom stereocenters. The number of hydrogen-bond acceptors (Lipinski definition) is 5. The Morgan fingerprint density at radius 2 is 1.92 bits per heavy atom. The normalized spacial score (nSPS) is 17.5. The molecule has 7 nitrogen and oxygen atoms in total. The zero-order valence-corrected chi connectivity index (χ0v) is 14.4. The molecule has 1 aliphatic heterocycles. The van der Waals surface area contributed by atoms with Crippen molar-refractivity contribution < 1.29 is 14.0 Å². The first-order chi connectivity index (χ1) is 12.5. The Kier molecular flexibility index (Phi) is 3.80. The summed E-state index contributed by atoms with van der Waals surface area (Å²) in [5, 5.41) is 1.73. The molecule has 132 valence electrons. The van der Waals surface area contributed by atoms with Crippen LogP contribution >= 0.6 is 11.3 Å². The van der Waals surface area contributed by atoms with Gasteiger partial charge in [0.05, 0.1) is 12.2 Å². The van der Waals surface area contributed by atoms with Gasteiger partial charge in [0, 0.05) is 23.3 Å². The Morgan fingerprint density at radius 3 is 2.65 bits per heavy atom. The number of benzene rings is 1. The largest absolute Gasteiger partial charge is 0.332 e. The van der Waals surface area contributed by atoms with Gasteiger partial charge >= 0.3 is 6.03 Å². The van der Waals surface area contributed by atoms with Crippen molar-refractivity contribution >= 4 is 33.9 Å². The number of amides is 3. The van der Waals surface area contributed by atoms with Gasteiger partial charge in [-0.05, 0) is 31.2 Å². The molecule has 1 aliphatic rings. The van der Waals surface area contributed by atoms with Crippen LogP contribution in [0.5, 0.6) is 0 Å². The number of urea groups is 1. The highest BCUT2D eigenvalue weighted by Gasteiger charge is 2.43. The average Bonchev–Trinajstić information content (AvgIpc) is 3.16. The number of thiazole rings is 1. The summed E-state index contributed by atoms with van der Waals surface area (Å²) in [5.41, 5.74) is 0.502. The quantitative estimate of drug-likeness (QED) is 0.661. The van der Waals surface area contributed by atoms with Gasteiger partial charge in [-0.15, -0.1) is 11.3 Å². The number of carbonyl (C=O) groups excluding carboxylic acids is 2. The number of nitrogens with zero attached hydrogens (tertiary/aromatic N) is 4. The van der Waals surface area contributed by atoms with Crippen LogP contribution in [0.3, 0.4) is 0 Å². The fraction of sp³-hybridized carbons (Fsp3) is 0.176. The Labute approximate surface area is 150 Å². The predicted octanol–water partition coefficient (Wildman–Crippen LogP) is 2.25. The van der Waals surface area contributed by atoms with E-state index < -0.39 is 23.8 Å². The number of rotatable bonds is 3. The zero-order chi connectivity index (χ0) is 18.4. The molecule has 2 aromatic heterocycles. The lowest BCUT2D eigenvalue weighted by Crippen LogP contribution is -2.34. The van der Waals surface area contributed by atoms with Crippen molar-refractivity contribution in [3.05, 3.63) is 63.8 Å². The van der Waals surface area contributed by atoms with Crippen LogP contribution in [0.1, 0.15) is 12.6 Å². The molecule has 0 spiro atoms. The standard InChI is InChI=1S/C17H13FN4O3S/c1-10-15(24)21(17(25)22(10)13-4-2-11(18)3-5-13)9-12-8-14(23)20-6-7-26-16(20)19-12/h2-8,10H,9H2,1H3. The van der Waals surface area contributed by atoms with Gasteiger partial charge in [0.2, 0.25) is 0 Å². The fourth-order valence-corrected chi connectivity index (χ4v) is 3.68. The molecule has 26 heavy (non-hydrogen) atoms. The van der Waals surface area contributed by atoms with Crippen LogP contribution in [0.4, 0.5) is 14.9 Å². The van der Waals surface area contributed by atoms with Crippen LogP contribution in [-0.2, 0) is 11.3 Å². The van der Waals surface area contributed by atoms with Crippen molar-refractivity contribution in [3.63, 3.8) is 0 Å². The predicted molar refractivity (Wildman–Crippen MR) is 93.6 cm³/mol. The third kappa shape index (κ3) is 2.57. The number of hydrogen-bond donors (Lipinski definition) is 0. The van der Waals surface area contributed by atoms with E-state index in [9.17, 15) is 18.8 Å². The summed E-state index contributed by atoms with van der Waals surface area (Å²) in [6.07, 6.45) is 1.61. The van der Waals surface area contributed by atoms with Crippen molar-refractivity contribution in [2.75, 3.05) is 4.90 Å². The van der Waals surface area contributed by atoms with Gasteiger partial charge in [-0.25, -0.2) is 14.2 Å². The maximum Gasteiger partial charge on any atom is 0.332 e. The molecular weight excluding hydrogens is 359 g/mol. The molecular formula is C17H13FN4O3S. The molecule has 1 aromatic carbocycles. The second-order valence-electron chi connectivity index (χ2n) is 5.87. The molecule has 0 saturated carbocycles. The summed E-state index contributed by atoms with van der Waals surface area (Å²) in [7, 11) is 0. The molecule has 9 heteroatoms. The van der Waals surface area contributed by atoms with E-state index in [0.29, 0.717) is 16.3 Å². The molecule has 3 aromatic rings. The number of imide groups is 1. The molecule has 1 fully saturated rings. The van der Waals surface area contributed by atoms with Gasteiger partial charge in [-0.1, -0.05) is 0 Å². The summed E-state index contributed by atoms with van der Waals surface area (Å²) in [6, 6.07) is 5.42. The minimum Gasteiger partial charge on any atom is -0.282 e. The third-order valence-corrected chi connectivity index (χ3v) is 4.99. The van der Waals surface area contributed by atoms with Crippen LogP contribution in [-0.4, -0.2) is 32.3 Å². The molecule has 0 aliphatic carbocycles. The summed E-state index contributed by atoms with van der Waals surface area (Å²) in [6.45, 7) is 1.51. The molecule has 4 rings (SSSR count). The van der Waals surface area contributed by atoms with Gasteiger partial charge in [-0.2, -0.15) is 0 Å². The molecule has 0 N–H and O–H groups in total. The van der Waals surface area contributed by atoms with E-state index in [1.54, 1.807) is 18.5 Å². The number of carbonyl (C=O) groups is 2. The average molecular weight is 372 g/mol. The van der Waals surface area contributed by atoms with Crippen molar-refractivity contribution in [1.29, 1.82) is 0 Å². The number of anilines is 1. The first kappa shape index (κ1) is 16.4. The van der Waals surface area contributed by atoms with Crippen LogP contribution in [0, 0.1) is 5.82 Å². The van der Waals surface area contributed by atoms with Gasteiger partial charge in [-0.3, -0.25) is 23.8 Å². The monoisotopic (exact) mass is 372 g/mol. The van der Waals surface area contributed by atoms with Gasteiger partial charge in [0.25, 0.3) is 11.5 Å². The fourth-order valence-electron chi connectivity index (χ4n) is 2.94. The van der Waals surface area contributed by atoms with Crippen LogP contribution in [0.2, 0.25) is 0 Å². The lowest BCUT2D eigenvalue weighted by molar-refractivity contribution is -0.127. The molecule has 1 atom stereocenters. The topological polar surface area (TPSA) is 75.0 Å². The first-order valence-electron chi connectivity index (χ1n) is 7.81. The van der Waals surface area contributed by atoms with E-state index in [4.69, 9.17) is 0 Å². The zero-order valence-electron chi connectivity index (χ0n) is 13.6. The van der Waals surface area contributed by atoms with Gasteiger partial charge in [0.1, 0.15) is 11.9 Å². The van der Waals surface area contributed by atoms with E-state index in [0.717, 1.165) is 4.90 Å². The van der Waals surface area contributed by atoms with E-state index in [2.05, 4.69) is 4.98 Å². The van der Waals surface area contributed by atoms with E-state index >= 15 is 0 Å². The van der Waals surface area contributed by atoms with Crippen LogP contribution in [0.25, 0.3) is 4.96 Å². The van der Waals surface area contributed by atoms with Crippen molar-refractivity contribution in [3.8, 4) is 0 Å². The minimum absolute atomic E-state index is 0.0939. The maximum absolute atomic E-state index is 13.1. The van der Waals surface area contributed by atoms with Crippen LogP contribution < -0.4 is 10.5 Å².